The molecule has 176 valence electrons. The number of hydrogen-bond donors (Lipinski definition) is 6. The van der Waals surface area contributed by atoms with Gasteiger partial charge in [0, 0.05) is 31.3 Å². The maximum Gasteiger partial charge on any atom is 0.254 e. The third-order valence-corrected chi connectivity index (χ3v) is 7.12. The highest BCUT2D eigenvalue weighted by atomic mass is 16.3. The van der Waals surface area contributed by atoms with E-state index >= 15 is 0 Å². The van der Waals surface area contributed by atoms with Crippen molar-refractivity contribution >= 4 is 28.8 Å². The van der Waals surface area contributed by atoms with Crippen LogP contribution in [0.5, 0.6) is 5.75 Å². The average molecular weight is 456 g/mol. The maximum absolute atomic E-state index is 13.7. The molecule has 33 heavy (non-hydrogen) atoms. The van der Waals surface area contributed by atoms with Crippen LogP contribution < -0.4 is 10.6 Å². The van der Waals surface area contributed by atoms with Gasteiger partial charge in [-0.3, -0.25) is 14.5 Å². The number of nitrogens with zero attached hydrogens (tertiary/aromatic N) is 2. The fourth-order valence-electron chi connectivity index (χ4n) is 5.70. The van der Waals surface area contributed by atoms with Gasteiger partial charge in [-0.25, -0.2) is 0 Å². The largest absolute Gasteiger partial charge is 0.510 e. The van der Waals surface area contributed by atoms with Gasteiger partial charge in [0.25, 0.3) is 5.91 Å². The first kappa shape index (κ1) is 22.8. The number of likely N-dealkylation sites (N-methyl/N-ethyl adjacent to an activating group) is 1. The van der Waals surface area contributed by atoms with Gasteiger partial charge >= 0.3 is 0 Å². The number of Topliss-reactive ketones (excluding diaryl/α,β-unsaturated/α-hetero) is 1. The molecule has 0 spiro atoms. The molecule has 0 radical (unpaired) electrons. The van der Waals surface area contributed by atoms with Crippen LogP contribution in [0, 0.1) is 17.2 Å². The number of nitrogens with one attached hydrogen (secondary N) is 1. The molecule has 0 aromatic heterocycles. The van der Waals surface area contributed by atoms with Gasteiger partial charge in [0.1, 0.15) is 22.8 Å². The van der Waals surface area contributed by atoms with Crippen LogP contribution in [0.3, 0.4) is 0 Å². The molecule has 3 aliphatic carbocycles. The van der Waals surface area contributed by atoms with Crippen molar-refractivity contribution in [2.24, 2.45) is 17.6 Å². The van der Waals surface area contributed by atoms with Crippen LogP contribution in [0.2, 0.25) is 0 Å². The van der Waals surface area contributed by atoms with Gasteiger partial charge in [-0.1, -0.05) is 0 Å². The number of carbonyl (C=O) groups is 2. The van der Waals surface area contributed by atoms with E-state index in [4.69, 9.17) is 11.1 Å². The lowest BCUT2D eigenvalue weighted by atomic mass is 9.56. The molecule has 0 saturated heterocycles. The Morgan fingerprint density at radius 2 is 1.82 bits per heavy atom. The van der Waals surface area contributed by atoms with Crippen molar-refractivity contribution in [1.82, 2.24) is 4.90 Å². The number of phenolic OH excluding ortho intramolecular Hbond substituents is 1. The molecular formula is C23H28N4O6. The molecular weight excluding hydrogens is 428 g/mol. The van der Waals surface area contributed by atoms with Crippen molar-refractivity contribution in [3.05, 3.63) is 40.2 Å². The Hall–Kier alpha value is -3.37. The van der Waals surface area contributed by atoms with E-state index in [1.54, 1.807) is 25.1 Å². The van der Waals surface area contributed by atoms with Crippen LogP contribution in [-0.2, 0) is 16.0 Å². The Kier molecular flexibility index (Phi) is 5.06. The number of ketones is 1. The third kappa shape index (κ3) is 2.90. The molecule has 7 N–H and O–H groups in total. The van der Waals surface area contributed by atoms with Crippen molar-refractivity contribution in [3.63, 3.8) is 0 Å². The number of anilines is 1. The van der Waals surface area contributed by atoms with Crippen molar-refractivity contribution in [2.45, 2.75) is 24.5 Å². The Morgan fingerprint density at radius 3 is 2.36 bits per heavy atom. The number of carbonyl (C=O) groups excluding carboxylic acids is 2. The van der Waals surface area contributed by atoms with Gasteiger partial charge in [0.2, 0.25) is 5.78 Å². The van der Waals surface area contributed by atoms with Crippen molar-refractivity contribution in [3.8, 4) is 5.75 Å². The van der Waals surface area contributed by atoms with E-state index in [-0.39, 0.29) is 23.3 Å². The highest BCUT2D eigenvalue weighted by Crippen LogP contribution is 2.53. The van der Waals surface area contributed by atoms with E-state index in [0.717, 1.165) is 5.69 Å². The molecule has 1 aromatic rings. The monoisotopic (exact) mass is 456 g/mol. The summed E-state index contributed by atoms with van der Waals surface area (Å²) >= 11 is 0. The molecule has 1 saturated carbocycles. The second-order valence-electron chi connectivity index (χ2n) is 9.36. The first-order valence-corrected chi connectivity index (χ1v) is 10.6. The van der Waals surface area contributed by atoms with Gasteiger partial charge in [-0.2, -0.15) is 0 Å². The van der Waals surface area contributed by atoms with Crippen LogP contribution in [0.15, 0.2) is 29.0 Å². The molecule has 1 fully saturated rings. The lowest BCUT2D eigenvalue weighted by molar-refractivity contribution is -0.138. The third-order valence-electron chi connectivity index (χ3n) is 7.12. The SMILES string of the molecule is CN(C)c1ccc(O)c2c1C[C@H]1C[C@H]3[C@H](N(C)C)C(O)=C(C(N)=O)C(=N)[C@@]3(O)C(=O)C1=C2O. The minimum absolute atomic E-state index is 0.0973. The molecule has 1 aromatic carbocycles. The lowest BCUT2D eigenvalue weighted by Gasteiger charge is -2.51. The van der Waals surface area contributed by atoms with E-state index in [0.29, 0.717) is 12.0 Å². The van der Waals surface area contributed by atoms with Crippen LogP contribution in [0.1, 0.15) is 17.5 Å². The Labute approximate surface area is 190 Å². The molecule has 0 unspecified atom stereocenters. The van der Waals surface area contributed by atoms with E-state index in [1.807, 2.05) is 19.0 Å². The summed E-state index contributed by atoms with van der Waals surface area (Å²) < 4.78 is 0. The van der Waals surface area contributed by atoms with E-state index in [2.05, 4.69) is 0 Å². The van der Waals surface area contributed by atoms with Crippen molar-refractivity contribution < 1.29 is 30.0 Å². The summed E-state index contributed by atoms with van der Waals surface area (Å²) in [6.45, 7) is 0. The fraction of sp³-hybridized carbons (Fsp3) is 0.435. The van der Waals surface area contributed by atoms with Gasteiger partial charge in [-0.15, -0.1) is 0 Å². The number of aliphatic hydroxyl groups is 3. The highest BCUT2D eigenvalue weighted by molar-refractivity contribution is 6.33. The maximum atomic E-state index is 13.7. The number of nitrogens with two attached hydrogens (primary N) is 1. The Morgan fingerprint density at radius 1 is 1.18 bits per heavy atom. The molecule has 1 amide bonds. The summed E-state index contributed by atoms with van der Waals surface area (Å²) in [5.41, 5.74) is 2.97. The van der Waals surface area contributed by atoms with E-state index < -0.39 is 58.0 Å². The zero-order valence-corrected chi connectivity index (χ0v) is 18.9. The molecule has 0 aliphatic heterocycles. The van der Waals surface area contributed by atoms with E-state index in [1.165, 1.54) is 6.07 Å². The Bertz CT molecular complexity index is 1170. The molecule has 0 heterocycles. The summed E-state index contributed by atoms with van der Waals surface area (Å²) in [5.74, 6) is -4.67. The molecule has 3 aliphatic rings. The zero-order valence-electron chi connectivity index (χ0n) is 18.9. The topological polar surface area (TPSA) is 171 Å². The molecule has 10 nitrogen and oxygen atoms in total. The predicted octanol–water partition coefficient (Wildman–Crippen LogP) is 0.481. The number of aliphatic hydroxyl groups excluding tert-OH is 2. The number of phenols is 1. The van der Waals surface area contributed by atoms with Crippen LogP contribution >= 0.6 is 0 Å². The van der Waals surface area contributed by atoms with Crippen LogP contribution in [-0.4, -0.2) is 82.6 Å². The Balaban J connectivity index is 1.97. The van der Waals surface area contributed by atoms with Crippen LogP contribution in [0.4, 0.5) is 5.69 Å². The van der Waals surface area contributed by atoms with Gasteiger partial charge < -0.3 is 36.5 Å². The highest BCUT2D eigenvalue weighted by Gasteiger charge is 2.63. The molecule has 0 bridgehead atoms. The quantitative estimate of drug-likeness (QED) is 0.381. The lowest BCUT2D eigenvalue weighted by Crippen LogP contribution is -2.67. The van der Waals surface area contributed by atoms with Gasteiger partial charge in [-0.05, 0) is 50.6 Å². The normalized spacial score (nSPS) is 29.1. The summed E-state index contributed by atoms with van der Waals surface area (Å²) in [5, 5.41) is 52.5. The summed E-state index contributed by atoms with van der Waals surface area (Å²) in [7, 11) is 6.90. The minimum atomic E-state index is -2.47. The summed E-state index contributed by atoms with van der Waals surface area (Å²) in [6, 6.07) is 2.20. The van der Waals surface area contributed by atoms with Crippen LogP contribution in [0.25, 0.3) is 5.76 Å². The zero-order chi connectivity index (χ0) is 24.6. The first-order valence-electron chi connectivity index (χ1n) is 10.6. The fourth-order valence-corrected chi connectivity index (χ4v) is 5.70. The number of rotatable bonds is 3. The summed E-state index contributed by atoms with van der Waals surface area (Å²) in [4.78, 5) is 29.2. The van der Waals surface area contributed by atoms with E-state index in [9.17, 15) is 30.0 Å². The van der Waals surface area contributed by atoms with Crippen molar-refractivity contribution in [1.29, 1.82) is 5.41 Å². The molecule has 4 atom stereocenters. The molecule has 10 heteroatoms. The average Bonchev–Trinajstić information content (AvgIpc) is 2.70. The minimum Gasteiger partial charge on any atom is -0.510 e. The van der Waals surface area contributed by atoms with Gasteiger partial charge in [0.05, 0.1) is 17.3 Å². The first-order chi connectivity index (χ1) is 15.3. The number of aromatic hydroxyl groups is 1. The number of fused-ring (bicyclic) bond motifs is 3. The number of hydrogen-bond acceptors (Lipinski definition) is 9. The summed E-state index contributed by atoms with van der Waals surface area (Å²) in [6.07, 6.45) is 0.445. The number of primary amides is 1. The number of benzene rings is 1. The van der Waals surface area contributed by atoms with Crippen molar-refractivity contribution in [2.75, 3.05) is 33.1 Å². The second kappa shape index (κ2) is 7.32. The van der Waals surface area contributed by atoms with Gasteiger partial charge in [0.15, 0.2) is 5.60 Å². The smallest absolute Gasteiger partial charge is 0.254 e. The number of amides is 1. The molecule has 4 rings (SSSR count). The predicted molar refractivity (Wildman–Crippen MR) is 121 cm³/mol. The standard InChI is InChI=1S/C23H28N4O6/c1-26(2)12-5-6-13(28)15-10(12)7-9-8-11-17(27(3)4)19(30)16(22(25)32)20(24)23(11,33)21(31)14(9)18(15)29/h5-6,9,11,17,24,28-30,33H,7-8H2,1-4H3,(H2,25,32)/t9-,11-,17-,23+/m0/s1. The second-order valence-corrected chi connectivity index (χ2v) is 9.36.